The first-order chi connectivity index (χ1) is 36.9. The van der Waals surface area contributed by atoms with Crippen LogP contribution in [0.3, 0.4) is 0 Å². The Hall–Kier alpha value is -5.17. The lowest BCUT2D eigenvalue weighted by Crippen LogP contribution is -2.58. The van der Waals surface area contributed by atoms with Crippen molar-refractivity contribution in [3.05, 3.63) is 122 Å². The average molecular weight is 1110 g/mol. The van der Waals surface area contributed by atoms with Crippen molar-refractivity contribution in [2.24, 2.45) is 23.7 Å². The minimum atomic E-state index is -0.667. The standard InChI is InChI=1S/C29H34BrN5O3.C29H36N6O2S/c30-23-16-33(29(38)32-27(23)36)26-28(37)35(25-10-2-1-9-24(25)31-26)22-14-19-7-4-8-20(15-22)34(19)21-12-17-5-3-6-18(11-17)13-21;1-17-27(36)31-29(38)35(32-17)26-28(37)34(25-11-3-2-10-24(25)30-26)23-15-20-8-5-9-21(16-23)33(20)22-13-18-6-4-7-19(12-18)14-22/h1-2,9-10,16-22H,3-8,11-15H2,(H,32,36,38);2-3,10-11,18-23H,4-9,12-16H2,1H3,(H,31,36,38)/t17-,18+,19-,20+,21?,22?;18-,19+,20-,21+,22?,23?. The summed E-state index contributed by atoms with van der Waals surface area (Å²) >= 11 is 8.60. The fraction of sp³-hybridized carbons (Fsp3) is 0.603. The SMILES string of the molecule is Cc1nn(-c2nc3ccccc3n(C3C[C@H]4CCC[C@@H](C3)N4C3C[C@H]4CCC[C@@H](C3)C4)c2=O)c(=S)[nH]c1=O.O=c1[nH]c(=O)n(-c2nc3ccccc3n(C3C[C@H]4CCC[C@@H](C3)N4C3C[C@H]4CCC[C@@H](C3)C4)c2=O)cc1Br. The van der Waals surface area contributed by atoms with Crippen LogP contribution in [-0.4, -0.2) is 89.5 Å². The van der Waals surface area contributed by atoms with E-state index in [4.69, 9.17) is 17.2 Å². The number of fused-ring (bicyclic) bond motifs is 10. The highest BCUT2D eigenvalue weighted by atomic mass is 79.9. The highest BCUT2D eigenvalue weighted by Crippen LogP contribution is 2.49. The third-order valence-electron chi connectivity index (χ3n) is 19.7. The highest BCUT2D eigenvalue weighted by Gasteiger charge is 2.47. The van der Waals surface area contributed by atoms with Crippen molar-refractivity contribution >= 4 is 50.2 Å². The molecule has 76 heavy (non-hydrogen) atoms. The van der Waals surface area contributed by atoms with E-state index in [2.05, 4.69) is 45.8 Å². The zero-order valence-corrected chi connectivity index (χ0v) is 45.9. The second kappa shape index (κ2) is 20.6. The van der Waals surface area contributed by atoms with Gasteiger partial charge in [-0.05, 0) is 173 Å². The molecule has 8 fully saturated rings. The molecule has 2 N–H and O–H groups in total. The summed E-state index contributed by atoms with van der Waals surface area (Å²) in [6.45, 7) is 1.61. The number of nitrogens with zero attached hydrogens (tertiary/aromatic N) is 9. The van der Waals surface area contributed by atoms with E-state index in [9.17, 15) is 24.0 Å². The predicted octanol–water partition coefficient (Wildman–Crippen LogP) is 9.36. The lowest BCUT2D eigenvalue weighted by atomic mass is 9.68. The Bertz CT molecular complexity index is 3300. The van der Waals surface area contributed by atoms with Gasteiger partial charge in [0.15, 0.2) is 0 Å². The number of hydrogen-bond donors (Lipinski definition) is 2. The molecule has 18 heteroatoms. The Morgan fingerprint density at radius 1 is 0.513 bits per heavy atom. The topological polar surface area (TPSA) is 182 Å². The molecule has 4 aliphatic heterocycles. The molecule has 4 saturated heterocycles. The summed E-state index contributed by atoms with van der Waals surface area (Å²) in [7, 11) is 0. The fourth-order valence-electron chi connectivity index (χ4n) is 16.8. The van der Waals surface area contributed by atoms with Crippen LogP contribution in [0.2, 0.25) is 0 Å². The Balaban J connectivity index is 0.000000146. The van der Waals surface area contributed by atoms with Crippen molar-refractivity contribution in [1.29, 1.82) is 0 Å². The molecule has 16 nitrogen and oxygen atoms in total. The molecule has 4 unspecified atom stereocenters. The molecule has 2 aromatic carbocycles. The summed E-state index contributed by atoms with van der Waals surface area (Å²) in [4.78, 5) is 85.0. The maximum Gasteiger partial charge on any atom is 0.334 e. The van der Waals surface area contributed by atoms with Crippen LogP contribution in [0.5, 0.6) is 0 Å². The van der Waals surface area contributed by atoms with Gasteiger partial charge in [-0.1, -0.05) is 75.6 Å². The number of aryl methyl sites for hydroxylation is 1. The van der Waals surface area contributed by atoms with Crippen LogP contribution in [0, 0.1) is 35.4 Å². The minimum absolute atomic E-state index is 0.0262. The second-order valence-corrected chi connectivity index (χ2v) is 25.5. The van der Waals surface area contributed by atoms with Crippen LogP contribution >= 0.6 is 28.1 Å². The van der Waals surface area contributed by atoms with Crippen LogP contribution in [0.1, 0.15) is 159 Å². The molecule has 0 amide bonds. The Kier molecular flexibility index (Phi) is 13.6. The number of benzene rings is 2. The number of nitrogens with one attached hydrogen (secondary N) is 2. The van der Waals surface area contributed by atoms with Gasteiger partial charge < -0.3 is 9.13 Å². The first kappa shape index (κ1) is 50.3. The molecule has 0 spiro atoms. The molecule has 8 heterocycles. The maximum atomic E-state index is 14.2. The van der Waals surface area contributed by atoms with E-state index in [1.807, 2.05) is 57.7 Å². The lowest BCUT2D eigenvalue weighted by molar-refractivity contribution is -0.0487. The molecule has 8 aliphatic rings. The normalized spacial score (nSPS) is 31.4. The van der Waals surface area contributed by atoms with Gasteiger partial charge in [-0.25, -0.2) is 19.3 Å². The van der Waals surface area contributed by atoms with Gasteiger partial charge in [0.05, 0.1) is 26.5 Å². The molecule has 6 aromatic rings. The fourth-order valence-corrected chi connectivity index (χ4v) is 17.3. The Labute approximate surface area is 454 Å². The number of para-hydroxylation sites is 4. The summed E-state index contributed by atoms with van der Waals surface area (Å²) < 4.78 is 6.63. The van der Waals surface area contributed by atoms with Gasteiger partial charge in [-0.3, -0.25) is 38.9 Å². The van der Waals surface area contributed by atoms with Gasteiger partial charge in [-0.15, -0.1) is 0 Å². The quantitative estimate of drug-likeness (QED) is 0.152. The zero-order valence-electron chi connectivity index (χ0n) is 43.5. The van der Waals surface area contributed by atoms with Crippen LogP contribution in [0.25, 0.3) is 33.7 Å². The molecule has 14 rings (SSSR count). The van der Waals surface area contributed by atoms with E-state index in [0.717, 1.165) is 70.5 Å². The van der Waals surface area contributed by atoms with E-state index < -0.39 is 11.2 Å². The number of aromatic nitrogens is 9. The highest BCUT2D eigenvalue weighted by molar-refractivity contribution is 9.10. The smallest absolute Gasteiger partial charge is 0.300 e. The summed E-state index contributed by atoms with van der Waals surface area (Å²) in [6, 6.07) is 19.1. The second-order valence-electron chi connectivity index (χ2n) is 24.2. The molecular formula is C58H70BrN11O5S. The summed E-state index contributed by atoms with van der Waals surface area (Å²) in [5.74, 6) is 3.81. The molecule has 8 bridgehead atoms. The lowest BCUT2D eigenvalue weighted by Gasteiger charge is -2.55. The number of halogens is 1. The monoisotopic (exact) mass is 1110 g/mol. The van der Waals surface area contributed by atoms with E-state index in [0.29, 0.717) is 41.8 Å². The van der Waals surface area contributed by atoms with E-state index in [-0.39, 0.29) is 55.3 Å². The van der Waals surface area contributed by atoms with E-state index in [1.165, 1.54) is 126 Å². The van der Waals surface area contributed by atoms with Crippen LogP contribution in [0.4, 0.5) is 0 Å². The predicted molar refractivity (Wildman–Crippen MR) is 299 cm³/mol. The maximum absolute atomic E-state index is 14.2. The number of aromatic amines is 2. The summed E-state index contributed by atoms with van der Waals surface area (Å²) in [5, 5.41) is 4.34. The third-order valence-corrected chi connectivity index (χ3v) is 20.5. The summed E-state index contributed by atoms with van der Waals surface area (Å²) in [6.07, 6.45) is 29.3. The van der Waals surface area contributed by atoms with Crippen LogP contribution < -0.4 is 27.9 Å². The van der Waals surface area contributed by atoms with Gasteiger partial charge in [0.25, 0.3) is 22.2 Å². The first-order valence-corrected chi connectivity index (χ1v) is 29.9. The summed E-state index contributed by atoms with van der Waals surface area (Å²) in [5.41, 5.74) is 1.30. The average Bonchev–Trinajstić information content (AvgIpc) is 3.41. The zero-order chi connectivity index (χ0) is 51.9. The van der Waals surface area contributed by atoms with E-state index >= 15 is 0 Å². The van der Waals surface area contributed by atoms with Gasteiger partial charge in [0, 0.05) is 54.5 Å². The molecule has 4 saturated carbocycles. The van der Waals surface area contributed by atoms with Crippen molar-refractivity contribution in [1.82, 2.24) is 53.2 Å². The number of piperidine rings is 4. The third kappa shape index (κ3) is 9.27. The molecule has 0 radical (unpaired) electrons. The molecule has 400 valence electrons. The molecule has 4 aliphatic carbocycles. The van der Waals surface area contributed by atoms with Gasteiger partial charge in [-0.2, -0.15) is 9.78 Å². The number of hydrogen-bond acceptors (Lipinski definition) is 11. The molecule has 4 aromatic heterocycles. The van der Waals surface area contributed by atoms with Gasteiger partial charge in [0.2, 0.25) is 16.4 Å². The van der Waals surface area contributed by atoms with Crippen molar-refractivity contribution in [3.8, 4) is 11.6 Å². The van der Waals surface area contributed by atoms with E-state index in [1.54, 1.807) is 6.92 Å². The number of rotatable bonds is 6. The largest absolute Gasteiger partial charge is 0.334 e. The van der Waals surface area contributed by atoms with Crippen LogP contribution in [-0.2, 0) is 0 Å². The number of H-pyrrole nitrogens is 2. The Morgan fingerprint density at radius 3 is 1.43 bits per heavy atom. The van der Waals surface area contributed by atoms with Crippen molar-refractivity contribution < 1.29 is 0 Å². The van der Waals surface area contributed by atoms with Crippen molar-refractivity contribution in [2.45, 2.75) is 197 Å². The minimum Gasteiger partial charge on any atom is -0.300 e. The molecule has 12 atom stereocenters. The first-order valence-electron chi connectivity index (χ1n) is 28.7. The van der Waals surface area contributed by atoms with Gasteiger partial charge in [0.1, 0.15) is 5.69 Å². The van der Waals surface area contributed by atoms with Crippen LogP contribution in [0.15, 0.2) is 83.2 Å². The van der Waals surface area contributed by atoms with Crippen molar-refractivity contribution in [3.63, 3.8) is 0 Å². The van der Waals surface area contributed by atoms with Gasteiger partial charge >= 0.3 is 5.69 Å². The van der Waals surface area contributed by atoms with Crippen molar-refractivity contribution in [2.75, 3.05) is 0 Å². The molecular weight excluding hydrogens is 1040 g/mol. The Morgan fingerprint density at radius 2 is 0.947 bits per heavy atom.